The van der Waals surface area contributed by atoms with Gasteiger partial charge in [-0.15, -0.1) is 0 Å². The molecule has 0 atom stereocenters. The molecular weight excluding hydrogens is 280 g/mol. The molecule has 22 heavy (non-hydrogen) atoms. The zero-order valence-corrected chi connectivity index (χ0v) is 13.0. The molecule has 0 unspecified atom stereocenters. The number of esters is 1. The van der Waals surface area contributed by atoms with Gasteiger partial charge in [-0.25, -0.2) is 4.79 Å². The summed E-state index contributed by atoms with van der Waals surface area (Å²) in [4.78, 5) is 23.4. The predicted molar refractivity (Wildman–Crippen MR) is 83.7 cm³/mol. The van der Waals surface area contributed by atoms with E-state index in [1.165, 1.54) is 25.7 Å². The van der Waals surface area contributed by atoms with Crippen molar-refractivity contribution in [3.05, 3.63) is 35.3 Å². The van der Waals surface area contributed by atoms with E-state index in [1.54, 1.807) is 0 Å². The van der Waals surface area contributed by atoms with Crippen molar-refractivity contribution in [2.45, 2.75) is 58.3 Å². The minimum absolute atomic E-state index is 0.0724. The molecule has 4 nitrogen and oxygen atoms in total. The van der Waals surface area contributed by atoms with E-state index < -0.39 is 47.2 Å². The predicted octanol–water partition coefficient (Wildman–Crippen LogP) is 3.35. The number of rotatable bonds is 11. The smallest absolute Gasteiger partial charge is 0.338 e. The van der Waals surface area contributed by atoms with Gasteiger partial charge in [-0.1, -0.05) is 70.0 Å². The molecule has 1 aromatic rings. The zero-order valence-electron chi connectivity index (χ0n) is 17.0. The van der Waals surface area contributed by atoms with Gasteiger partial charge in [0.25, 0.3) is 0 Å². The summed E-state index contributed by atoms with van der Waals surface area (Å²) in [6.07, 6.45) is 8.48. The lowest BCUT2D eigenvalue weighted by atomic mass is 10.1. The van der Waals surface area contributed by atoms with Gasteiger partial charge in [-0.2, -0.15) is 0 Å². The van der Waals surface area contributed by atoms with E-state index in [2.05, 4.69) is 6.92 Å². The van der Waals surface area contributed by atoms with Crippen molar-refractivity contribution in [3.63, 3.8) is 0 Å². The molecular formula is C18H25O4-. The Morgan fingerprint density at radius 1 is 1.00 bits per heavy atom. The zero-order chi connectivity index (χ0) is 19.7. The summed E-state index contributed by atoms with van der Waals surface area (Å²) in [6, 6.07) is -2.95. The molecule has 0 fully saturated rings. The second-order valence-electron chi connectivity index (χ2n) is 5.15. The molecule has 1 aromatic carbocycles. The number of carboxylic acids is 1. The fraction of sp³-hybridized carbons (Fsp3) is 0.556. The molecule has 0 amide bonds. The monoisotopic (exact) mass is 309 g/mol. The molecule has 0 aliphatic rings. The number of carboxylic acid groups (broad SMARTS) is 1. The van der Waals surface area contributed by atoms with Crippen LogP contribution in [-0.2, 0) is 4.74 Å². The third-order valence-electron chi connectivity index (χ3n) is 3.33. The normalized spacial score (nSPS) is 13.0. The summed E-state index contributed by atoms with van der Waals surface area (Å²) in [5.41, 5.74) is -1.55. The van der Waals surface area contributed by atoms with Gasteiger partial charge in [0.2, 0.25) is 0 Å². The van der Waals surface area contributed by atoms with Gasteiger partial charge in [-0.05, 0) is 12.5 Å². The molecule has 0 N–H and O–H groups in total. The van der Waals surface area contributed by atoms with Crippen LogP contribution in [0.2, 0.25) is 0 Å². The summed E-state index contributed by atoms with van der Waals surface area (Å²) >= 11 is 0. The van der Waals surface area contributed by atoms with Crippen molar-refractivity contribution in [3.8, 4) is 0 Å². The Kier molecular flexibility index (Phi) is 6.24. The van der Waals surface area contributed by atoms with Gasteiger partial charge < -0.3 is 14.6 Å². The van der Waals surface area contributed by atoms with Gasteiger partial charge in [0.15, 0.2) is 0 Å². The number of carbonyl (C=O) groups is 2. The maximum absolute atomic E-state index is 12.2. The van der Waals surface area contributed by atoms with Crippen molar-refractivity contribution in [2.24, 2.45) is 0 Å². The first-order valence-corrected chi connectivity index (χ1v) is 7.81. The van der Waals surface area contributed by atoms with Crippen LogP contribution in [0.3, 0.4) is 0 Å². The maximum Gasteiger partial charge on any atom is 0.338 e. The molecule has 0 heterocycles. The lowest BCUT2D eigenvalue weighted by Crippen LogP contribution is -2.25. The standard InChI is InChI=1S/C18H26O4/c1-2-3-4-5-6-7-8-11-14-22-18(21)16-13-10-9-12-15(16)17(19)20/h9-10,12-13H,2-8,11,14H2,1H3,(H,19,20)/p-1/i9D,10D,12D,13D. The van der Waals surface area contributed by atoms with Crippen LogP contribution in [0.15, 0.2) is 24.2 Å². The van der Waals surface area contributed by atoms with E-state index in [4.69, 9.17) is 10.2 Å². The van der Waals surface area contributed by atoms with Crippen LogP contribution in [0.1, 0.15) is 84.5 Å². The second kappa shape index (κ2) is 10.8. The molecule has 1 rings (SSSR count). The molecule has 0 spiro atoms. The molecule has 0 saturated carbocycles. The van der Waals surface area contributed by atoms with Gasteiger partial charge in [0, 0.05) is 5.56 Å². The summed E-state index contributed by atoms with van der Waals surface area (Å²) in [6.45, 7) is 2.23. The first-order valence-electron chi connectivity index (χ1n) is 9.81. The Balaban J connectivity index is 2.62. The fourth-order valence-electron chi connectivity index (χ4n) is 2.09. The third kappa shape index (κ3) is 6.74. The van der Waals surface area contributed by atoms with E-state index in [0.29, 0.717) is 6.42 Å². The van der Waals surface area contributed by atoms with Crippen molar-refractivity contribution >= 4 is 11.9 Å². The highest BCUT2D eigenvalue weighted by Gasteiger charge is 2.12. The average Bonchev–Trinajstić information content (AvgIpc) is 2.60. The largest absolute Gasteiger partial charge is 0.545 e. The molecule has 4 heteroatoms. The number of hydrogen-bond donors (Lipinski definition) is 0. The number of aromatic carboxylic acids is 1. The van der Waals surface area contributed by atoms with Crippen LogP contribution >= 0.6 is 0 Å². The maximum atomic E-state index is 12.2. The number of unbranched alkanes of at least 4 members (excludes halogenated alkanes) is 7. The first kappa shape index (κ1) is 12.7. The first-order chi connectivity index (χ1) is 12.3. The number of carbonyl (C=O) groups excluding carboxylic acids is 2. The Hall–Kier alpha value is -1.84. The fourth-order valence-corrected chi connectivity index (χ4v) is 2.09. The molecule has 0 aliphatic carbocycles. The number of ether oxygens (including phenoxy) is 1. The number of benzene rings is 1. The third-order valence-corrected chi connectivity index (χ3v) is 3.33. The summed E-state index contributed by atoms with van der Waals surface area (Å²) in [5.74, 6) is -2.91. The number of hydrogen-bond acceptors (Lipinski definition) is 4. The SMILES string of the molecule is [2H]c1c([2H])c([2H])c(C(=O)OCCCCCCCCCC)c(C(=O)[O-])c1[2H]. The van der Waals surface area contributed by atoms with Gasteiger partial charge in [-0.3, -0.25) is 0 Å². The van der Waals surface area contributed by atoms with Gasteiger partial charge in [0.1, 0.15) is 0 Å². The van der Waals surface area contributed by atoms with Crippen LogP contribution < -0.4 is 5.11 Å². The molecule has 0 aromatic heterocycles. The minimum Gasteiger partial charge on any atom is -0.545 e. The summed E-state index contributed by atoms with van der Waals surface area (Å²) in [5, 5.41) is 11.2. The highest BCUT2D eigenvalue weighted by Crippen LogP contribution is 2.11. The Morgan fingerprint density at radius 2 is 1.55 bits per heavy atom. The molecule has 0 saturated heterocycles. The van der Waals surface area contributed by atoms with Crippen molar-refractivity contribution in [1.29, 1.82) is 0 Å². The highest BCUT2D eigenvalue weighted by molar-refractivity contribution is 6.01. The van der Waals surface area contributed by atoms with E-state index in [9.17, 15) is 14.7 Å². The Morgan fingerprint density at radius 3 is 2.14 bits per heavy atom. The molecule has 122 valence electrons. The van der Waals surface area contributed by atoms with E-state index in [1.807, 2.05) is 0 Å². The van der Waals surface area contributed by atoms with Gasteiger partial charge >= 0.3 is 5.97 Å². The Bertz CT molecular complexity index is 647. The highest BCUT2D eigenvalue weighted by atomic mass is 16.5. The van der Waals surface area contributed by atoms with Crippen LogP contribution in [0.4, 0.5) is 0 Å². The quantitative estimate of drug-likeness (QED) is 0.464. The van der Waals surface area contributed by atoms with Crippen LogP contribution in [-0.4, -0.2) is 18.5 Å². The van der Waals surface area contributed by atoms with Crippen molar-refractivity contribution < 1.29 is 24.9 Å². The van der Waals surface area contributed by atoms with Crippen LogP contribution in [0.25, 0.3) is 0 Å². The molecule has 0 bridgehead atoms. The minimum atomic E-state index is -1.84. The second-order valence-corrected chi connectivity index (χ2v) is 5.15. The van der Waals surface area contributed by atoms with E-state index in [0.717, 1.165) is 19.3 Å². The molecule has 0 aliphatic heterocycles. The average molecular weight is 309 g/mol. The van der Waals surface area contributed by atoms with Gasteiger partial charge in [0.05, 0.1) is 23.6 Å². The van der Waals surface area contributed by atoms with Crippen LogP contribution in [0.5, 0.6) is 0 Å². The lowest BCUT2D eigenvalue weighted by molar-refractivity contribution is -0.255. The van der Waals surface area contributed by atoms with E-state index in [-0.39, 0.29) is 6.61 Å². The van der Waals surface area contributed by atoms with Crippen molar-refractivity contribution in [1.82, 2.24) is 0 Å². The van der Waals surface area contributed by atoms with Crippen molar-refractivity contribution in [2.75, 3.05) is 6.61 Å². The lowest BCUT2D eigenvalue weighted by Gasteiger charge is -2.10. The molecule has 0 radical (unpaired) electrons. The Labute approximate surface area is 138 Å². The van der Waals surface area contributed by atoms with E-state index >= 15 is 0 Å². The topological polar surface area (TPSA) is 66.4 Å². The van der Waals surface area contributed by atoms with Crippen LogP contribution in [0, 0.1) is 0 Å². The summed E-state index contributed by atoms with van der Waals surface area (Å²) < 4.78 is 35.4. The summed E-state index contributed by atoms with van der Waals surface area (Å²) in [7, 11) is 0.